The summed E-state index contributed by atoms with van der Waals surface area (Å²) in [5.74, 6) is -0.468. The molecule has 0 aromatic heterocycles. The van der Waals surface area contributed by atoms with Gasteiger partial charge >= 0.3 is 13.6 Å². The first-order valence-corrected chi connectivity index (χ1v) is 8.23. The number of carbonyl (C=O) groups is 1. The predicted octanol–water partition coefficient (Wildman–Crippen LogP) is 3.56. The lowest BCUT2D eigenvalue weighted by molar-refractivity contribution is -0.148. The standard InChI is InChI=1S/C13H23O5P/c1-6-16-19(15,17-7-2)11-8-10(5)12(9(3)4)13(14)18-11/h8-10,12H,6-7H2,1-5H3/t10-,12+/m0/s1. The Bertz CT molecular complexity index is 392. The Morgan fingerprint density at radius 1 is 1.32 bits per heavy atom. The Morgan fingerprint density at radius 2 is 1.84 bits per heavy atom. The van der Waals surface area contributed by atoms with Gasteiger partial charge in [0, 0.05) is 0 Å². The van der Waals surface area contributed by atoms with E-state index in [1.54, 1.807) is 19.9 Å². The van der Waals surface area contributed by atoms with Crippen LogP contribution in [0.5, 0.6) is 0 Å². The normalized spacial score (nSPS) is 24.3. The quantitative estimate of drug-likeness (QED) is 0.553. The Balaban J connectivity index is 3.04. The Kier molecular flexibility index (Phi) is 5.78. The molecule has 0 unspecified atom stereocenters. The molecule has 0 aliphatic carbocycles. The van der Waals surface area contributed by atoms with E-state index in [1.807, 2.05) is 20.8 Å². The molecule has 1 rings (SSSR count). The maximum atomic E-state index is 12.5. The molecule has 0 amide bonds. The molecule has 0 saturated heterocycles. The van der Waals surface area contributed by atoms with Crippen LogP contribution in [0.15, 0.2) is 11.6 Å². The molecule has 0 aromatic carbocycles. The topological polar surface area (TPSA) is 61.8 Å². The SMILES string of the molecule is CCOP(=O)(OCC)C1=C[C@H](C)[C@@H](C(C)C)C(=O)O1. The zero-order chi connectivity index (χ0) is 14.6. The zero-order valence-corrected chi connectivity index (χ0v) is 13.1. The van der Waals surface area contributed by atoms with Gasteiger partial charge in [0.25, 0.3) is 0 Å². The molecule has 5 nitrogen and oxygen atoms in total. The summed E-state index contributed by atoms with van der Waals surface area (Å²) >= 11 is 0. The molecule has 0 fully saturated rings. The number of rotatable bonds is 6. The third-order valence-electron chi connectivity index (χ3n) is 3.04. The summed E-state index contributed by atoms with van der Waals surface area (Å²) in [6, 6.07) is 0. The molecule has 0 spiro atoms. The fourth-order valence-corrected chi connectivity index (χ4v) is 3.91. The van der Waals surface area contributed by atoms with E-state index in [0.29, 0.717) is 0 Å². The fraction of sp³-hybridized carbons (Fsp3) is 0.769. The average molecular weight is 290 g/mol. The lowest BCUT2D eigenvalue weighted by Gasteiger charge is -2.30. The van der Waals surface area contributed by atoms with Crippen molar-refractivity contribution in [1.82, 2.24) is 0 Å². The highest BCUT2D eigenvalue weighted by molar-refractivity contribution is 7.58. The van der Waals surface area contributed by atoms with Gasteiger partial charge in [0.15, 0.2) is 0 Å². The largest absolute Gasteiger partial charge is 0.418 e. The lowest BCUT2D eigenvalue weighted by atomic mass is 9.83. The molecule has 0 radical (unpaired) electrons. The van der Waals surface area contributed by atoms with E-state index < -0.39 is 7.60 Å². The summed E-state index contributed by atoms with van der Waals surface area (Å²) in [6.45, 7) is 9.74. The molecule has 2 atom stereocenters. The van der Waals surface area contributed by atoms with Gasteiger partial charge in [-0.25, -0.2) is 0 Å². The van der Waals surface area contributed by atoms with Crippen molar-refractivity contribution in [3.05, 3.63) is 11.6 Å². The van der Waals surface area contributed by atoms with Crippen LogP contribution < -0.4 is 0 Å². The molecule has 110 valence electrons. The fourth-order valence-electron chi connectivity index (χ4n) is 2.28. The van der Waals surface area contributed by atoms with E-state index in [9.17, 15) is 9.36 Å². The Hall–Kier alpha value is -0.640. The van der Waals surface area contributed by atoms with E-state index in [-0.39, 0.29) is 42.4 Å². The number of hydrogen-bond acceptors (Lipinski definition) is 5. The van der Waals surface area contributed by atoms with Crippen LogP contribution in [-0.2, 0) is 23.1 Å². The Labute approximate surface area is 114 Å². The van der Waals surface area contributed by atoms with Crippen molar-refractivity contribution in [3.63, 3.8) is 0 Å². The molecule has 0 N–H and O–H groups in total. The second kappa shape index (κ2) is 6.69. The molecule has 1 aliphatic rings. The molecular formula is C13H23O5P. The van der Waals surface area contributed by atoms with E-state index in [2.05, 4.69) is 0 Å². The van der Waals surface area contributed by atoms with Crippen LogP contribution >= 0.6 is 7.60 Å². The molecule has 19 heavy (non-hydrogen) atoms. The van der Waals surface area contributed by atoms with Gasteiger partial charge in [0.2, 0.25) is 5.50 Å². The lowest BCUT2D eigenvalue weighted by Crippen LogP contribution is -2.32. The minimum atomic E-state index is -3.51. The van der Waals surface area contributed by atoms with Gasteiger partial charge < -0.3 is 13.8 Å². The van der Waals surface area contributed by atoms with Crippen molar-refractivity contribution in [2.24, 2.45) is 17.8 Å². The van der Waals surface area contributed by atoms with Crippen LogP contribution in [0.2, 0.25) is 0 Å². The van der Waals surface area contributed by atoms with Gasteiger partial charge in [-0.05, 0) is 31.8 Å². The van der Waals surface area contributed by atoms with Crippen molar-refractivity contribution in [3.8, 4) is 0 Å². The van der Waals surface area contributed by atoms with E-state index in [1.165, 1.54) is 0 Å². The van der Waals surface area contributed by atoms with Gasteiger partial charge in [0.1, 0.15) is 0 Å². The zero-order valence-electron chi connectivity index (χ0n) is 12.2. The summed E-state index contributed by atoms with van der Waals surface area (Å²) in [5.41, 5.74) is 0.0330. The van der Waals surface area contributed by atoms with Crippen LogP contribution in [0.1, 0.15) is 34.6 Å². The van der Waals surface area contributed by atoms with Crippen molar-refractivity contribution < 1.29 is 23.1 Å². The van der Waals surface area contributed by atoms with Gasteiger partial charge in [-0.1, -0.05) is 20.8 Å². The van der Waals surface area contributed by atoms with Gasteiger partial charge in [0.05, 0.1) is 19.1 Å². The van der Waals surface area contributed by atoms with Crippen LogP contribution in [0.25, 0.3) is 0 Å². The number of allylic oxidation sites excluding steroid dienone is 1. The minimum Gasteiger partial charge on any atom is -0.418 e. The summed E-state index contributed by atoms with van der Waals surface area (Å²) in [4.78, 5) is 12.0. The molecule has 0 saturated carbocycles. The minimum absolute atomic E-state index is 0.0330. The number of carbonyl (C=O) groups excluding carboxylic acids is 1. The molecule has 1 aliphatic heterocycles. The second-order valence-corrected chi connectivity index (χ2v) is 6.84. The summed E-state index contributed by atoms with van der Waals surface area (Å²) in [5, 5.41) is 0. The first-order valence-electron chi connectivity index (χ1n) is 6.68. The van der Waals surface area contributed by atoms with Crippen LogP contribution in [-0.4, -0.2) is 19.2 Å². The monoisotopic (exact) mass is 290 g/mol. The number of hydrogen-bond donors (Lipinski definition) is 0. The number of esters is 1. The smallest absolute Gasteiger partial charge is 0.396 e. The van der Waals surface area contributed by atoms with Gasteiger partial charge in [-0.2, -0.15) is 0 Å². The van der Waals surface area contributed by atoms with E-state index >= 15 is 0 Å². The first-order chi connectivity index (χ1) is 8.85. The maximum Gasteiger partial charge on any atom is 0.396 e. The number of ether oxygens (including phenoxy) is 1. The van der Waals surface area contributed by atoms with Crippen molar-refractivity contribution >= 4 is 13.6 Å². The predicted molar refractivity (Wildman–Crippen MR) is 72.5 cm³/mol. The molecular weight excluding hydrogens is 267 g/mol. The summed E-state index contributed by atoms with van der Waals surface area (Å²) in [6.07, 6.45) is 1.69. The highest BCUT2D eigenvalue weighted by Crippen LogP contribution is 2.58. The highest BCUT2D eigenvalue weighted by Gasteiger charge is 2.41. The third-order valence-corrected chi connectivity index (χ3v) is 5.01. The van der Waals surface area contributed by atoms with Crippen LogP contribution in [0.4, 0.5) is 0 Å². The molecule has 0 bridgehead atoms. The first kappa shape index (κ1) is 16.4. The number of cyclic esters (lactones) is 1. The van der Waals surface area contributed by atoms with E-state index in [0.717, 1.165) is 0 Å². The van der Waals surface area contributed by atoms with Crippen molar-refractivity contribution in [1.29, 1.82) is 0 Å². The van der Waals surface area contributed by atoms with Gasteiger partial charge in [-0.15, -0.1) is 0 Å². The summed E-state index contributed by atoms with van der Waals surface area (Å²) < 4.78 is 28.1. The molecule has 0 aromatic rings. The Morgan fingerprint density at radius 3 is 2.21 bits per heavy atom. The van der Waals surface area contributed by atoms with E-state index in [4.69, 9.17) is 13.8 Å². The van der Waals surface area contributed by atoms with Crippen LogP contribution in [0, 0.1) is 17.8 Å². The van der Waals surface area contributed by atoms with Gasteiger partial charge in [-0.3, -0.25) is 9.36 Å². The average Bonchev–Trinajstić information content (AvgIpc) is 2.27. The maximum absolute atomic E-state index is 12.5. The molecule has 1 heterocycles. The second-order valence-electron chi connectivity index (χ2n) is 4.89. The third kappa shape index (κ3) is 3.68. The molecule has 6 heteroatoms. The van der Waals surface area contributed by atoms with Crippen molar-refractivity contribution in [2.75, 3.05) is 13.2 Å². The van der Waals surface area contributed by atoms with Crippen LogP contribution in [0.3, 0.4) is 0 Å². The van der Waals surface area contributed by atoms with Crippen molar-refractivity contribution in [2.45, 2.75) is 34.6 Å². The summed E-state index contributed by atoms with van der Waals surface area (Å²) in [7, 11) is -3.51. The highest BCUT2D eigenvalue weighted by atomic mass is 31.2.